The number of thioether (sulfide) groups is 1. The normalized spacial score (nSPS) is 14.7. The lowest BCUT2D eigenvalue weighted by atomic mass is 10.3. The van der Waals surface area contributed by atoms with E-state index in [2.05, 4.69) is 15.4 Å². The molecule has 3 aromatic rings. The standard InChI is InChI=1S/C20H19FN4OS/c1-13(19(26)22-16-7-5-6-15(21)12-16)27-20-23-18(14-10-11-14)25(24-20)17-8-3-2-4-9-17/h2-9,12-14H,10-11H2,1H3,(H,22,26). The van der Waals surface area contributed by atoms with Gasteiger partial charge >= 0.3 is 0 Å². The van der Waals surface area contributed by atoms with Gasteiger partial charge in [0.2, 0.25) is 11.1 Å². The summed E-state index contributed by atoms with van der Waals surface area (Å²) in [5.74, 6) is 0.782. The number of amides is 1. The maximum absolute atomic E-state index is 13.3. The highest BCUT2D eigenvalue weighted by Gasteiger charge is 2.31. The van der Waals surface area contributed by atoms with Gasteiger partial charge in [-0.1, -0.05) is 36.0 Å². The Bertz CT molecular complexity index is 956. The van der Waals surface area contributed by atoms with Crippen LogP contribution < -0.4 is 5.32 Å². The predicted octanol–water partition coefficient (Wildman–Crippen LogP) is 4.40. The average Bonchev–Trinajstić information content (AvgIpc) is 3.43. The summed E-state index contributed by atoms with van der Waals surface area (Å²) in [6.45, 7) is 1.79. The van der Waals surface area contributed by atoms with Gasteiger partial charge < -0.3 is 5.32 Å². The lowest BCUT2D eigenvalue weighted by molar-refractivity contribution is -0.115. The van der Waals surface area contributed by atoms with Gasteiger partial charge in [0.25, 0.3) is 0 Å². The Morgan fingerprint density at radius 3 is 2.70 bits per heavy atom. The van der Waals surface area contributed by atoms with Gasteiger partial charge in [0.05, 0.1) is 10.9 Å². The van der Waals surface area contributed by atoms with Crippen LogP contribution in [-0.2, 0) is 4.79 Å². The van der Waals surface area contributed by atoms with Crippen molar-refractivity contribution in [3.8, 4) is 5.69 Å². The number of anilines is 1. The van der Waals surface area contributed by atoms with Crippen LogP contribution in [0.5, 0.6) is 0 Å². The van der Waals surface area contributed by atoms with Crippen molar-refractivity contribution in [2.75, 3.05) is 5.32 Å². The second-order valence-corrected chi connectivity index (χ2v) is 7.84. The SMILES string of the molecule is CC(Sc1nc(C2CC2)n(-c2ccccc2)n1)C(=O)Nc1cccc(F)c1. The third-order valence-corrected chi connectivity index (χ3v) is 5.25. The molecule has 1 aromatic heterocycles. The summed E-state index contributed by atoms with van der Waals surface area (Å²) in [6.07, 6.45) is 2.23. The zero-order valence-corrected chi connectivity index (χ0v) is 15.6. The van der Waals surface area contributed by atoms with E-state index in [0.29, 0.717) is 16.8 Å². The highest BCUT2D eigenvalue weighted by Crippen LogP contribution is 2.40. The van der Waals surface area contributed by atoms with E-state index in [1.165, 1.54) is 23.9 Å². The molecule has 4 rings (SSSR count). The molecule has 7 heteroatoms. The van der Waals surface area contributed by atoms with E-state index in [4.69, 9.17) is 0 Å². The van der Waals surface area contributed by atoms with Gasteiger partial charge in [-0.2, -0.15) is 0 Å². The summed E-state index contributed by atoms with van der Waals surface area (Å²) in [6, 6.07) is 15.7. The highest BCUT2D eigenvalue weighted by molar-refractivity contribution is 8.00. The summed E-state index contributed by atoms with van der Waals surface area (Å²) in [5, 5.41) is 7.50. The Labute approximate surface area is 161 Å². The number of hydrogen-bond donors (Lipinski definition) is 1. The molecule has 1 N–H and O–H groups in total. The molecule has 1 amide bonds. The van der Waals surface area contributed by atoms with Crippen molar-refractivity contribution < 1.29 is 9.18 Å². The predicted molar refractivity (Wildman–Crippen MR) is 104 cm³/mol. The third kappa shape index (κ3) is 4.19. The van der Waals surface area contributed by atoms with E-state index in [0.717, 1.165) is 24.4 Å². The molecule has 1 unspecified atom stereocenters. The molecule has 1 aliphatic rings. The number of rotatable bonds is 6. The van der Waals surface area contributed by atoms with Crippen molar-refractivity contribution in [2.45, 2.75) is 36.1 Å². The fraction of sp³-hybridized carbons (Fsp3) is 0.250. The number of para-hydroxylation sites is 1. The Hall–Kier alpha value is -2.67. The molecule has 0 spiro atoms. The van der Waals surface area contributed by atoms with Gasteiger partial charge in [-0.25, -0.2) is 14.1 Å². The molecule has 0 aliphatic heterocycles. The minimum absolute atomic E-state index is 0.213. The summed E-state index contributed by atoms with van der Waals surface area (Å²) in [7, 11) is 0. The van der Waals surface area contributed by atoms with Crippen LogP contribution in [0.15, 0.2) is 59.8 Å². The third-order valence-electron chi connectivity index (χ3n) is 4.30. The van der Waals surface area contributed by atoms with Gasteiger partial charge in [-0.3, -0.25) is 4.79 Å². The number of nitrogens with one attached hydrogen (secondary N) is 1. The molecular formula is C20H19FN4OS. The number of hydrogen-bond acceptors (Lipinski definition) is 4. The Morgan fingerprint density at radius 2 is 2.00 bits per heavy atom. The van der Waals surface area contributed by atoms with Crippen LogP contribution in [0, 0.1) is 5.82 Å². The quantitative estimate of drug-likeness (QED) is 0.642. The van der Waals surface area contributed by atoms with E-state index >= 15 is 0 Å². The van der Waals surface area contributed by atoms with Crippen LogP contribution in [0.4, 0.5) is 10.1 Å². The van der Waals surface area contributed by atoms with Crippen LogP contribution in [-0.4, -0.2) is 25.9 Å². The maximum Gasteiger partial charge on any atom is 0.237 e. The van der Waals surface area contributed by atoms with Crippen molar-refractivity contribution in [3.63, 3.8) is 0 Å². The van der Waals surface area contributed by atoms with E-state index in [1.807, 2.05) is 35.0 Å². The van der Waals surface area contributed by atoms with Gasteiger partial charge in [0, 0.05) is 11.6 Å². The van der Waals surface area contributed by atoms with Crippen LogP contribution in [0.1, 0.15) is 31.5 Å². The van der Waals surface area contributed by atoms with Crippen LogP contribution in [0.2, 0.25) is 0 Å². The summed E-state index contributed by atoms with van der Waals surface area (Å²) in [5.41, 5.74) is 1.41. The van der Waals surface area contributed by atoms with Gasteiger partial charge in [-0.15, -0.1) is 5.10 Å². The Morgan fingerprint density at radius 1 is 1.22 bits per heavy atom. The van der Waals surface area contributed by atoms with E-state index in [1.54, 1.807) is 19.1 Å². The van der Waals surface area contributed by atoms with Crippen LogP contribution in [0.3, 0.4) is 0 Å². The van der Waals surface area contributed by atoms with Crippen molar-refractivity contribution in [2.24, 2.45) is 0 Å². The average molecular weight is 382 g/mol. The maximum atomic E-state index is 13.3. The monoisotopic (exact) mass is 382 g/mol. The first-order valence-corrected chi connectivity index (χ1v) is 9.73. The smallest absolute Gasteiger partial charge is 0.237 e. The van der Waals surface area contributed by atoms with Crippen molar-refractivity contribution >= 4 is 23.4 Å². The van der Waals surface area contributed by atoms with Crippen molar-refractivity contribution in [1.29, 1.82) is 0 Å². The van der Waals surface area contributed by atoms with E-state index in [-0.39, 0.29) is 11.7 Å². The number of carbonyl (C=O) groups is 1. The number of halogens is 1. The second kappa shape index (κ2) is 7.52. The molecule has 1 heterocycles. The number of nitrogens with zero attached hydrogens (tertiary/aromatic N) is 3. The van der Waals surface area contributed by atoms with E-state index in [9.17, 15) is 9.18 Å². The second-order valence-electron chi connectivity index (χ2n) is 6.53. The minimum Gasteiger partial charge on any atom is -0.325 e. The summed E-state index contributed by atoms with van der Waals surface area (Å²) < 4.78 is 15.1. The molecule has 1 fully saturated rings. The summed E-state index contributed by atoms with van der Waals surface area (Å²) in [4.78, 5) is 17.1. The number of aromatic nitrogens is 3. The first-order chi connectivity index (χ1) is 13.1. The molecule has 138 valence electrons. The summed E-state index contributed by atoms with van der Waals surface area (Å²) >= 11 is 1.30. The molecule has 5 nitrogen and oxygen atoms in total. The molecule has 0 bridgehead atoms. The van der Waals surface area contributed by atoms with Gasteiger partial charge in [0.1, 0.15) is 11.6 Å². The number of benzene rings is 2. The lowest BCUT2D eigenvalue weighted by Gasteiger charge is -2.10. The molecule has 1 aliphatic carbocycles. The topological polar surface area (TPSA) is 59.8 Å². The van der Waals surface area contributed by atoms with Crippen LogP contribution >= 0.6 is 11.8 Å². The first kappa shape index (κ1) is 17.7. The number of carbonyl (C=O) groups excluding carboxylic acids is 1. The molecule has 0 saturated heterocycles. The fourth-order valence-electron chi connectivity index (χ4n) is 2.74. The Kier molecular flexibility index (Phi) is 4.94. The Balaban J connectivity index is 1.49. The zero-order valence-electron chi connectivity index (χ0n) is 14.8. The molecular weight excluding hydrogens is 363 g/mol. The molecule has 1 saturated carbocycles. The van der Waals surface area contributed by atoms with Crippen molar-refractivity contribution in [1.82, 2.24) is 14.8 Å². The molecule has 27 heavy (non-hydrogen) atoms. The van der Waals surface area contributed by atoms with Gasteiger partial charge in [-0.05, 0) is 50.1 Å². The van der Waals surface area contributed by atoms with E-state index < -0.39 is 5.25 Å². The first-order valence-electron chi connectivity index (χ1n) is 8.85. The zero-order chi connectivity index (χ0) is 18.8. The lowest BCUT2D eigenvalue weighted by Crippen LogP contribution is -2.22. The molecule has 2 aromatic carbocycles. The highest BCUT2D eigenvalue weighted by atomic mass is 32.2. The molecule has 1 atom stereocenters. The van der Waals surface area contributed by atoms with Crippen molar-refractivity contribution in [3.05, 3.63) is 66.2 Å². The van der Waals surface area contributed by atoms with Gasteiger partial charge in [0.15, 0.2) is 0 Å². The minimum atomic E-state index is -0.410. The van der Waals surface area contributed by atoms with Crippen LogP contribution in [0.25, 0.3) is 5.69 Å². The molecule has 0 radical (unpaired) electrons. The largest absolute Gasteiger partial charge is 0.325 e. The fourth-order valence-corrected chi connectivity index (χ4v) is 3.50.